The summed E-state index contributed by atoms with van der Waals surface area (Å²) >= 11 is 14.3. The van der Waals surface area contributed by atoms with E-state index < -0.39 is 0 Å². The molecule has 1 amide bonds. The van der Waals surface area contributed by atoms with E-state index in [4.69, 9.17) is 11.6 Å². The number of thiophene rings is 1. The number of benzene rings is 1. The molecule has 6 heteroatoms. The van der Waals surface area contributed by atoms with Crippen molar-refractivity contribution < 1.29 is 4.79 Å². The van der Waals surface area contributed by atoms with Crippen molar-refractivity contribution in [2.75, 3.05) is 6.54 Å². The monoisotopic (exact) mass is 421 g/mol. The molecule has 0 saturated carbocycles. The molecule has 0 atom stereocenters. The minimum Gasteiger partial charge on any atom is -0.352 e. The van der Waals surface area contributed by atoms with Crippen LogP contribution in [0.1, 0.15) is 15.2 Å². The topological polar surface area (TPSA) is 29.1 Å². The van der Waals surface area contributed by atoms with Crippen LogP contribution < -0.4 is 5.32 Å². The minimum atomic E-state index is -0.120. The molecule has 0 radical (unpaired) electrons. The lowest BCUT2D eigenvalue weighted by molar-refractivity contribution is 0.0953. The Kier molecular flexibility index (Phi) is 5.45. The van der Waals surface area contributed by atoms with E-state index in [0.717, 1.165) is 14.7 Å². The summed E-state index contributed by atoms with van der Waals surface area (Å²) in [6.45, 7) is 0.602. The van der Waals surface area contributed by atoms with Gasteiger partial charge in [0, 0.05) is 20.9 Å². The number of rotatable bonds is 4. The van der Waals surface area contributed by atoms with Gasteiger partial charge in [-0.3, -0.25) is 4.79 Å². The van der Waals surface area contributed by atoms with E-state index in [1.165, 1.54) is 4.88 Å². The van der Waals surface area contributed by atoms with Crippen LogP contribution in [-0.4, -0.2) is 12.5 Å². The van der Waals surface area contributed by atoms with Crippen molar-refractivity contribution in [2.24, 2.45) is 0 Å². The van der Waals surface area contributed by atoms with Crippen LogP contribution in [0.3, 0.4) is 0 Å². The van der Waals surface area contributed by atoms with Gasteiger partial charge < -0.3 is 5.32 Å². The number of hydrogen-bond acceptors (Lipinski definition) is 2. The van der Waals surface area contributed by atoms with Crippen LogP contribution >= 0.6 is 54.8 Å². The number of carbonyl (C=O) groups excluding carboxylic acids is 1. The van der Waals surface area contributed by atoms with Crippen LogP contribution in [0.25, 0.3) is 0 Å². The summed E-state index contributed by atoms with van der Waals surface area (Å²) in [5.74, 6) is -0.120. The third-order valence-corrected chi connectivity index (χ3v) is 5.07. The van der Waals surface area contributed by atoms with Gasteiger partial charge in [-0.05, 0) is 68.6 Å². The molecule has 0 aliphatic rings. The van der Waals surface area contributed by atoms with Gasteiger partial charge in [-0.25, -0.2) is 0 Å². The van der Waals surface area contributed by atoms with Crippen molar-refractivity contribution in [1.29, 1.82) is 0 Å². The van der Waals surface area contributed by atoms with Gasteiger partial charge in [-0.1, -0.05) is 11.6 Å². The van der Waals surface area contributed by atoms with Crippen molar-refractivity contribution in [3.8, 4) is 0 Å². The van der Waals surface area contributed by atoms with Gasteiger partial charge >= 0.3 is 0 Å². The second kappa shape index (κ2) is 6.88. The lowest BCUT2D eigenvalue weighted by Crippen LogP contribution is -2.25. The molecule has 0 aliphatic heterocycles. The Morgan fingerprint density at radius 2 is 2.05 bits per heavy atom. The van der Waals surface area contributed by atoms with Crippen LogP contribution in [0.4, 0.5) is 0 Å². The first-order valence-electron chi connectivity index (χ1n) is 5.54. The average molecular weight is 424 g/mol. The maximum atomic E-state index is 12.0. The largest absolute Gasteiger partial charge is 0.352 e. The third kappa shape index (κ3) is 4.31. The molecule has 0 unspecified atom stereocenters. The molecule has 0 spiro atoms. The van der Waals surface area contributed by atoms with E-state index in [1.807, 2.05) is 6.07 Å². The number of nitrogens with one attached hydrogen (secondary N) is 1. The predicted octanol–water partition coefficient (Wildman–Crippen LogP) is 4.90. The van der Waals surface area contributed by atoms with Crippen LogP contribution in [0.5, 0.6) is 0 Å². The fraction of sp³-hybridized carbons (Fsp3) is 0.154. The van der Waals surface area contributed by atoms with Gasteiger partial charge in [0.15, 0.2) is 0 Å². The summed E-state index contributed by atoms with van der Waals surface area (Å²) in [5, 5.41) is 3.44. The molecule has 0 bridgehead atoms. The Hall–Kier alpha value is -0.360. The highest BCUT2D eigenvalue weighted by Crippen LogP contribution is 2.23. The van der Waals surface area contributed by atoms with Crippen LogP contribution in [0, 0.1) is 0 Å². The van der Waals surface area contributed by atoms with Crippen LogP contribution in [0.2, 0.25) is 5.02 Å². The molecular weight excluding hydrogens is 413 g/mol. The Morgan fingerprint density at radius 3 is 2.74 bits per heavy atom. The summed E-state index contributed by atoms with van der Waals surface area (Å²) in [7, 11) is 0. The van der Waals surface area contributed by atoms with Gasteiger partial charge in [-0.15, -0.1) is 11.3 Å². The second-order valence-electron chi connectivity index (χ2n) is 3.84. The lowest BCUT2D eigenvalue weighted by atomic mass is 10.2. The maximum Gasteiger partial charge on any atom is 0.252 e. The molecule has 1 N–H and O–H groups in total. The lowest BCUT2D eigenvalue weighted by Gasteiger charge is -2.06. The Bertz CT molecular complexity index is 600. The first kappa shape index (κ1) is 15.0. The predicted molar refractivity (Wildman–Crippen MR) is 87.2 cm³/mol. The zero-order valence-corrected chi connectivity index (χ0v) is 14.5. The molecule has 2 rings (SSSR count). The Balaban J connectivity index is 1.92. The van der Waals surface area contributed by atoms with Crippen molar-refractivity contribution >= 4 is 60.7 Å². The zero-order valence-electron chi connectivity index (χ0n) is 9.75. The van der Waals surface area contributed by atoms with Crippen molar-refractivity contribution in [3.05, 3.63) is 54.1 Å². The number of halogens is 3. The standard InChI is InChI=1S/C13H10Br2ClNOS/c14-11-3-1-8(16)7-10(11)13(18)17-6-5-9-2-4-12(15)19-9/h1-4,7H,5-6H2,(H,17,18). The molecule has 1 heterocycles. The van der Waals surface area contributed by atoms with Gasteiger partial charge in [-0.2, -0.15) is 0 Å². The summed E-state index contributed by atoms with van der Waals surface area (Å²) in [6, 6.07) is 9.23. The molecule has 100 valence electrons. The molecular formula is C13H10Br2ClNOS. The molecule has 0 fully saturated rings. The first-order chi connectivity index (χ1) is 9.06. The number of hydrogen-bond donors (Lipinski definition) is 1. The molecule has 0 aliphatic carbocycles. The molecule has 2 nitrogen and oxygen atoms in total. The summed E-state index contributed by atoms with van der Waals surface area (Å²) in [5.41, 5.74) is 0.555. The smallest absolute Gasteiger partial charge is 0.252 e. The van der Waals surface area contributed by atoms with Crippen LogP contribution in [-0.2, 0) is 6.42 Å². The Labute approximate surface area is 137 Å². The molecule has 2 aromatic rings. The van der Waals surface area contributed by atoms with Gasteiger partial charge in [0.2, 0.25) is 0 Å². The van der Waals surface area contributed by atoms with E-state index in [2.05, 4.69) is 43.2 Å². The number of amides is 1. The minimum absolute atomic E-state index is 0.120. The summed E-state index contributed by atoms with van der Waals surface area (Å²) < 4.78 is 1.85. The quantitative estimate of drug-likeness (QED) is 0.745. The van der Waals surface area contributed by atoms with Gasteiger partial charge in [0.25, 0.3) is 5.91 Å². The highest BCUT2D eigenvalue weighted by molar-refractivity contribution is 9.11. The van der Waals surface area contributed by atoms with E-state index >= 15 is 0 Å². The average Bonchev–Trinajstić information content (AvgIpc) is 2.78. The van der Waals surface area contributed by atoms with Gasteiger partial charge in [0.1, 0.15) is 0 Å². The van der Waals surface area contributed by atoms with E-state index in [0.29, 0.717) is 17.1 Å². The summed E-state index contributed by atoms with van der Waals surface area (Å²) in [6.07, 6.45) is 0.820. The molecule has 1 aromatic heterocycles. The fourth-order valence-electron chi connectivity index (χ4n) is 1.55. The van der Waals surface area contributed by atoms with Crippen molar-refractivity contribution in [3.63, 3.8) is 0 Å². The highest BCUT2D eigenvalue weighted by Gasteiger charge is 2.10. The Morgan fingerprint density at radius 1 is 1.26 bits per heavy atom. The number of carbonyl (C=O) groups is 1. The van der Waals surface area contributed by atoms with Gasteiger partial charge in [0.05, 0.1) is 9.35 Å². The highest BCUT2D eigenvalue weighted by atomic mass is 79.9. The third-order valence-electron chi connectivity index (χ3n) is 2.46. The van der Waals surface area contributed by atoms with Crippen molar-refractivity contribution in [2.45, 2.75) is 6.42 Å². The van der Waals surface area contributed by atoms with E-state index in [-0.39, 0.29) is 5.91 Å². The van der Waals surface area contributed by atoms with E-state index in [9.17, 15) is 4.79 Å². The van der Waals surface area contributed by atoms with E-state index in [1.54, 1.807) is 29.5 Å². The molecule has 0 saturated heterocycles. The second-order valence-corrected chi connectivity index (χ2v) is 7.67. The summed E-state index contributed by atoms with van der Waals surface area (Å²) in [4.78, 5) is 13.2. The fourth-order valence-corrected chi connectivity index (χ4v) is 3.63. The van der Waals surface area contributed by atoms with Crippen LogP contribution in [0.15, 0.2) is 38.6 Å². The molecule has 1 aromatic carbocycles. The molecule has 19 heavy (non-hydrogen) atoms. The van der Waals surface area contributed by atoms with Crippen molar-refractivity contribution in [1.82, 2.24) is 5.32 Å². The zero-order chi connectivity index (χ0) is 13.8. The first-order valence-corrected chi connectivity index (χ1v) is 8.32. The SMILES string of the molecule is O=C(NCCc1ccc(Br)s1)c1cc(Cl)ccc1Br. The normalized spacial score (nSPS) is 10.5. The maximum absolute atomic E-state index is 12.0.